The van der Waals surface area contributed by atoms with E-state index in [2.05, 4.69) is 35.9 Å². The van der Waals surface area contributed by atoms with Crippen LogP contribution in [-0.2, 0) is 72.8 Å². The molecule has 2 amide bonds. The number of sulfone groups is 2. The molecule has 6 aromatic rings. The summed E-state index contributed by atoms with van der Waals surface area (Å²) in [5.41, 5.74) is 4.86. The highest BCUT2D eigenvalue weighted by Gasteiger charge is 2.45. The molecule has 2 aromatic carbocycles. The van der Waals surface area contributed by atoms with Crippen LogP contribution in [0, 0.1) is 13.8 Å². The average Bonchev–Trinajstić information content (AvgIpc) is 3.36. The quantitative estimate of drug-likeness (QED) is 0.120. The highest BCUT2D eigenvalue weighted by Crippen LogP contribution is 2.40. The van der Waals surface area contributed by atoms with Crippen molar-refractivity contribution in [1.29, 1.82) is 0 Å². The predicted molar refractivity (Wildman–Crippen MR) is 272 cm³/mol. The molecule has 0 radical (unpaired) electrons. The van der Waals surface area contributed by atoms with Gasteiger partial charge in [-0.25, -0.2) is 26.8 Å². The molecule has 18 nitrogen and oxygen atoms in total. The molecule has 4 aromatic heterocycles. The van der Waals surface area contributed by atoms with Gasteiger partial charge in [-0.15, -0.1) is 5.10 Å². The van der Waals surface area contributed by atoms with E-state index >= 15 is 0 Å². The molecule has 2 aliphatic carbocycles. The smallest absolute Gasteiger partial charge is 0.392 e. The summed E-state index contributed by atoms with van der Waals surface area (Å²) in [6, 6.07) is 23.1. The first kappa shape index (κ1) is 53.5. The maximum absolute atomic E-state index is 13.7. The van der Waals surface area contributed by atoms with Crippen molar-refractivity contribution in [2.24, 2.45) is 7.05 Å². The van der Waals surface area contributed by atoms with Gasteiger partial charge < -0.3 is 20.1 Å². The van der Waals surface area contributed by atoms with Crippen molar-refractivity contribution < 1.29 is 50.2 Å². The number of anilines is 2. The van der Waals surface area contributed by atoms with Crippen LogP contribution in [0.1, 0.15) is 106 Å². The third-order valence-electron chi connectivity index (χ3n) is 13.5. The van der Waals surface area contributed by atoms with Crippen molar-refractivity contribution in [2.45, 2.75) is 101 Å². The van der Waals surface area contributed by atoms with E-state index in [0.717, 1.165) is 11.1 Å². The lowest BCUT2D eigenvalue weighted by Crippen LogP contribution is -2.44. The number of carbonyl (C=O) groups excluding carboxylic acids is 4. The van der Waals surface area contributed by atoms with Crippen LogP contribution in [0.5, 0.6) is 11.8 Å². The summed E-state index contributed by atoms with van der Waals surface area (Å²) in [5, 5.41) is 18.4. The third kappa shape index (κ3) is 11.3. The number of carbonyl (C=O) groups is 4. The minimum atomic E-state index is -3.29. The fourth-order valence-electron chi connectivity index (χ4n) is 9.02. The Hall–Kier alpha value is -7.32. The number of methoxy groups -OCH3 is 2. The number of Topliss-reactive ketones (excluding diaryl/α,β-unsaturated/α-hetero) is 2. The minimum Gasteiger partial charge on any atom is -0.480 e. The zero-order valence-corrected chi connectivity index (χ0v) is 44.0. The van der Waals surface area contributed by atoms with Crippen molar-refractivity contribution in [1.82, 2.24) is 25.3 Å². The molecule has 0 spiro atoms. The van der Waals surface area contributed by atoms with Crippen molar-refractivity contribution in [3.05, 3.63) is 141 Å². The van der Waals surface area contributed by atoms with E-state index in [9.17, 15) is 36.0 Å². The Morgan fingerprint density at radius 1 is 0.630 bits per heavy atom. The van der Waals surface area contributed by atoms with Crippen LogP contribution in [0.4, 0.5) is 11.6 Å². The predicted octanol–water partition coefficient (Wildman–Crippen LogP) is 5.93. The number of pyridine rings is 2. The summed E-state index contributed by atoms with van der Waals surface area (Å²) in [6.45, 7) is 10.6. The van der Waals surface area contributed by atoms with Gasteiger partial charge in [0, 0.05) is 17.2 Å². The number of aryl methyl sites for hydroxylation is 5. The van der Waals surface area contributed by atoms with Gasteiger partial charge in [-0.05, 0) is 129 Å². The highest BCUT2D eigenvalue weighted by molar-refractivity contribution is 7.91. The molecule has 382 valence electrons. The average molecular weight is 1030 g/mol. The number of rotatable bonds is 14. The van der Waals surface area contributed by atoms with Gasteiger partial charge in [-0.2, -0.15) is 5.10 Å². The largest absolute Gasteiger partial charge is 0.480 e. The van der Waals surface area contributed by atoms with Gasteiger partial charge in [-0.3, -0.25) is 19.2 Å². The fraction of sp³-hybridized carbons (Fsp3) is 0.358. The van der Waals surface area contributed by atoms with Crippen molar-refractivity contribution in [3.63, 3.8) is 0 Å². The lowest BCUT2D eigenvalue weighted by molar-refractivity contribution is -0.735. The van der Waals surface area contributed by atoms with E-state index in [1.807, 2.05) is 33.8 Å². The summed E-state index contributed by atoms with van der Waals surface area (Å²) in [5.74, 6) is 1.09. The van der Waals surface area contributed by atoms with Crippen LogP contribution < -0.4 is 24.8 Å². The van der Waals surface area contributed by atoms with Crippen LogP contribution in [-0.4, -0.2) is 91.2 Å². The first-order valence-corrected chi connectivity index (χ1v) is 27.0. The van der Waals surface area contributed by atoms with Gasteiger partial charge in [0.25, 0.3) is 0 Å². The van der Waals surface area contributed by atoms with Gasteiger partial charge >= 0.3 is 5.88 Å². The lowest BCUT2D eigenvalue weighted by atomic mass is 9.70. The van der Waals surface area contributed by atoms with Gasteiger partial charge in [0.1, 0.15) is 17.3 Å². The van der Waals surface area contributed by atoms with Crippen LogP contribution in [0.2, 0.25) is 0 Å². The second kappa shape index (κ2) is 21.4. The van der Waals surface area contributed by atoms with E-state index in [0.29, 0.717) is 94.1 Å². The Kier molecular flexibility index (Phi) is 15.7. The third-order valence-corrected chi connectivity index (χ3v) is 17.0. The summed E-state index contributed by atoms with van der Waals surface area (Å²) in [7, 11) is -1.73. The van der Waals surface area contributed by atoms with E-state index < -0.39 is 30.5 Å². The standard InChI is InChI=1S/C27H30N4O5S.C26H28N4O5S/c1-6-37(34,35)19-9-7-18(8-10-19)16-23(32)29-22-15-17(2)25-20(28-22)13-14-27(3,26(25)33)21-11-12-24(36-5)31(4)30-21;1-5-36(33,34)18-8-6-17(7-9-18)15-22(31)28-21-14-16(2)24-19(27-21)12-13-26(3,25(24)32)20-10-11-23(35-4)30-29-20/h7-12,15H,6,13-14,16H2,1-5H3;6-11,14H,5,12-13,15H2,1-4H3,(H,27,28,31)/p+1. The Labute approximate surface area is 425 Å². The Morgan fingerprint density at radius 2 is 1.07 bits per heavy atom. The molecule has 0 bridgehead atoms. The van der Waals surface area contributed by atoms with Crippen molar-refractivity contribution >= 4 is 54.7 Å². The zero-order valence-electron chi connectivity index (χ0n) is 42.3. The van der Waals surface area contributed by atoms with Crippen LogP contribution in [0.15, 0.2) is 94.7 Å². The number of nitrogens with zero attached hydrogens (tertiary/aromatic N) is 6. The molecule has 20 heteroatoms. The van der Waals surface area contributed by atoms with Gasteiger partial charge in [0.2, 0.25) is 17.7 Å². The molecule has 0 fully saturated rings. The van der Waals surface area contributed by atoms with E-state index in [1.54, 1.807) is 87.3 Å². The SMILES string of the molecule is CCS(=O)(=O)c1ccc(CC(=O)Nc2cc(C)c3c(n2)CCC(C)(c2ccc(OC)[n+](C)n2)C3=O)cc1.CCS(=O)(=O)c1ccc(CC(=O)Nc2cc(C)c3c(n2)CCC(C)(c2ccc(OC)nn2)C3=O)cc1. The molecule has 2 N–H and O–H groups in total. The van der Waals surface area contributed by atoms with Gasteiger partial charge in [0.05, 0.1) is 82.3 Å². The minimum absolute atomic E-state index is 0.0192. The molecule has 2 atom stereocenters. The van der Waals surface area contributed by atoms with Gasteiger partial charge in [-0.1, -0.05) is 42.8 Å². The first-order chi connectivity index (χ1) is 34.5. The zero-order chi connectivity index (χ0) is 53.0. The van der Waals surface area contributed by atoms with E-state index in [4.69, 9.17) is 9.47 Å². The highest BCUT2D eigenvalue weighted by atomic mass is 32.2. The maximum atomic E-state index is 13.7. The molecule has 0 saturated heterocycles. The van der Waals surface area contributed by atoms with Crippen LogP contribution in [0.25, 0.3) is 0 Å². The van der Waals surface area contributed by atoms with Crippen molar-refractivity contribution in [2.75, 3.05) is 36.4 Å². The number of aromatic nitrogens is 6. The fourth-order valence-corrected chi connectivity index (χ4v) is 10.8. The molecule has 0 aliphatic heterocycles. The molecule has 8 rings (SSSR count). The summed E-state index contributed by atoms with van der Waals surface area (Å²) < 4.78 is 59.9. The Balaban J connectivity index is 0.000000214. The normalized spacial score (nSPS) is 17.3. The van der Waals surface area contributed by atoms with E-state index in [-0.39, 0.29) is 57.5 Å². The number of ether oxygens (including phenoxy) is 2. The molecular formula is C53H59N8O10S2+. The number of hydrogen-bond donors (Lipinski definition) is 2. The second-order valence-corrected chi connectivity index (χ2v) is 23.1. The van der Waals surface area contributed by atoms with E-state index in [1.165, 1.54) is 31.4 Å². The maximum Gasteiger partial charge on any atom is 0.392 e. The summed E-state index contributed by atoms with van der Waals surface area (Å²) in [4.78, 5) is 62.2. The number of nitrogens with one attached hydrogen (secondary N) is 2. The second-order valence-electron chi connectivity index (χ2n) is 18.5. The molecule has 2 unspecified atom stereocenters. The number of hydrogen-bond acceptors (Lipinski definition) is 15. The Morgan fingerprint density at radius 3 is 1.45 bits per heavy atom. The molecule has 73 heavy (non-hydrogen) atoms. The molecule has 0 saturated carbocycles. The molecule has 2 aliphatic rings. The number of benzene rings is 2. The number of amides is 2. The lowest BCUT2D eigenvalue weighted by Gasteiger charge is -2.33. The number of ketones is 2. The summed E-state index contributed by atoms with van der Waals surface area (Å²) >= 11 is 0. The monoisotopic (exact) mass is 1030 g/mol. The molecule has 4 heterocycles. The van der Waals surface area contributed by atoms with Crippen LogP contribution >= 0.6 is 0 Å². The Bertz CT molecular complexity index is 3350. The van der Waals surface area contributed by atoms with Crippen LogP contribution in [0.3, 0.4) is 0 Å². The molecular weight excluding hydrogens is 973 g/mol. The van der Waals surface area contributed by atoms with Gasteiger partial charge in [0.15, 0.2) is 38.3 Å². The topological polar surface area (TPSA) is 247 Å². The van der Waals surface area contributed by atoms with Crippen molar-refractivity contribution in [3.8, 4) is 11.8 Å². The summed E-state index contributed by atoms with van der Waals surface area (Å²) in [6.07, 6.45) is 2.29. The first-order valence-electron chi connectivity index (χ1n) is 23.7. The number of fused-ring (bicyclic) bond motifs is 2.